The number of nitriles is 1. The van der Waals surface area contributed by atoms with Gasteiger partial charge in [-0.1, -0.05) is 0 Å². The fourth-order valence-electron chi connectivity index (χ4n) is 1.64. The van der Waals surface area contributed by atoms with Gasteiger partial charge in [-0.15, -0.1) is 0 Å². The Morgan fingerprint density at radius 1 is 1.19 bits per heavy atom. The number of anilines is 1. The highest BCUT2D eigenvalue weighted by molar-refractivity contribution is 5.94. The van der Waals surface area contributed by atoms with Crippen LogP contribution in [-0.2, 0) is 4.79 Å². The van der Waals surface area contributed by atoms with Crippen molar-refractivity contribution in [2.75, 3.05) is 5.32 Å². The summed E-state index contributed by atoms with van der Waals surface area (Å²) in [5.74, 6) is -0.211. The van der Waals surface area contributed by atoms with Gasteiger partial charge in [0.25, 0.3) is 5.91 Å². The molecule has 2 aromatic carbocycles. The zero-order chi connectivity index (χ0) is 15.2. The van der Waals surface area contributed by atoms with E-state index in [9.17, 15) is 9.18 Å². The quantitative estimate of drug-likeness (QED) is 0.938. The summed E-state index contributed by atoms with van der Waals surface area (Å²) in [5.41, 5.74) is 1.02. The number of benzene rings is 2. The molecule has 0 radical (unpaired) electrons. The van der Waals surface area contributed by atoms with Crippen molar-refractivity contribution in [3.63, 3.8) is 0 Å². The van der Waals surface area contributed by atoms with Crippen LogP contribution in [0.1, 0.15) is 12.5 Å². The summed E-state index contributed by atoms with van der Waals surface area (Å²) >= 11 is 0. The number of amides is 1. The van der Waals surface area contributed by atoms with E-state index in [0.717, 1.165) is 0 Å². The summed E-state index contributed by atoms with van der Waals surface area (Å²) in [6, 6.07) is 14.0. The van der Waals surface area contributed by atoms with Gasteiger partial charge in [0.1, 0.15) is 11.6 Å². The minimum Gasteiger partial charge on any atom is -0.481 e. The lowest BCUT2D eigenvalue weighted by atomic mass is 10.2. The van der Waals surface area contributed by atoms with Crippen molar-refractivity contribution in [1.82, 2.24) is 0 Å². The second-order valence-corrected chi connectivity index (χ2v) is 4.39. The molecule has 0 aromatic heterocycles. The van der Waals surface area contributed by atoms with Crippen LogP contribution < -0.4 is 10.1 Å². The van der Waals surface area contributed by atoms with E-state index in [1.54, 1.807) is 31.2 Å². The average Bonchev–Trinajstić information content (AvgIpc) is 2.50. The maximum absolute atomic E-state index is 12.8. The van der Waals surface area contributed by atoms with E-state index in [2.05, 4.69) is 5.32 Å². The third-order valence-corrected chi connectivity index (χ3v) is 2.78. The van der Waals surface area contributed by atoms with Crippen LogP contribution in [0.2, 0.25) is 0 Å². The van der Waals surface area contributed by atoms with Crippen molar-refractivity contribution in [2.24, 2.45) is 0 Å². The molecule has 1 atom stereocenters. The smallest absolute Gasteiger partial charge is 0.265 e. The van der Waals surface area contributed by atoms with Crippen LogP contribution in [-0.4, -0.2) is 12.0 Å². The third-order valence-electron chi connectivity index (χ3n) is 2.78. The molecule has 0 bridgehead atoms. The number of carbonyl (C=O) groups excluding carboxylic acids is 1. The molecule has 0 aliphatic heterocycles. The van der Waals surface area contributed by atoms with Crippen molar-refractivity contribution < 1.29 is 13.9 Å². The van der Waals surface area contributed by atoms with Crippen LogP contribution in [0.5, 0.6) is 5.75 Å². The number of hydrogen-bond donors (Lipinski definition) is 1. The number of hydrogen-bond acceptors (Lipinski definition) is 3. The van der Waals surface area contributed by atoms with Crippen LogP contribution in [0, 0.1) is 17.1 Å². The fraction of sp³-hybridized carbons (Fsp3) is 0.125. The van der Waals surface area contributed by atoms with E-state index in [1.807, 2.05) is 6.07 Å². The Bertz CT molecular complexity index is 660. The molecule has 1 N–H and O–H groups in total. The van der Waals surface area contributed by atoms with E-state index in [0.29, 0.717) is 17.0 Å². The summed E-state index contributed by atoms with van der Waals surface area (Å²) in [7, 11) is 0. The summed E-state index contributed by atoms with van der Waals surface area (Å²) in [5, 5.41) is 11.3. The Morgan fingerprint density at radius 3 is 2.38 bits per heavy atom. The largest absolute Gasteiger partial charge is 0.481 e. The molecule has 5 heteroatoms. The highest BCUT2D eigenvalue weighted by Crippen LogP contribution is 2.15. The topological polar surface area (TPSA) is 62.1 Å². The molecular weight excluding hydrogens is 271 g/mol. The zero-order valence-corrected chi connectivity index (χ0v) is 11.3. The van der Waals surface area contributed by atoms with E-state index in [1.165, 1.54) is 24.3 Å². The monoisotopic (exact) mass is 284 g/mol. The number of carbonyl (C=O) groups is 1. The van der Waals surface area contributed by atoms with Crippen molar-refractivity contribution in [3.05, 3.63) is 59.9 Å². The predicted molar refractivity (Wildman–Crippen MR) is 76.3 cm³/mol. The van der Waals surface area contributed by atoms with Gasteiger partial charge in [-0.05, 0) is 55.5 Å². The minimum atomic E-state index is -0.719. The predicted octanol–water partition coefficient (Wildman–Crippen LogP) is 3.10. The zero-order valence-electron chi connectivity index (χ0n) is 11.3. The molecule has 106 valence electrons. The van der Waals surface area contributed by atoms with Crippen molar-refractivity contribution in [1.29, 1.82) is 5.26 Å². The molecule has 0 saturated carbocycles. The van der Waals surface area contributed by atoms with Crippen LogP contribution in [0.4, 0.5) is 10.1 Å². The Balaban J connectivity index is 1.95. The molecule has 1 unspecified atom stereocenters. The second-order valence-electron chi connectivity index (χ2n) is 4.39. The van der Waals surface area contributed by atoms with Gasteiger partial charge in [0, 0.05) is 5.69 Å². The first-order valence-corrected chi connectivity index (χ1v) is 6.32. The van der Waals surface area contributed by atoms with Gasteiger partial charge in [-0.3, -0.25) is 4.79 Å². The molecule has 2 aromatic rings. The molecular formula is C16H13FN2O2. The molecule has 0 saturated heterocycles. The Hall–Kier alpha value is -2.87. The SMILES string of the molecule is CC(Oc1ccc(C#N)cc1)C(=O)Nc1ccc(F)cc1. The van der Waals surface area contributed by atoms with Gasteiger partial charge in [0.05, 0.1) is 11.6 Å². The first kappa shape index (κ1) is 14.5. The van der Waals surface area contributed by atoms with E-state index in [4.69, 9.17) is 10.00 Å². The summed E-state index contributed by atoms with van der Waals surface area (Å²) in [6.45, 7) is 1.61. The van der Waals surface area contributed by atoms with Gasteiger partial charge in [0.2, 0.25) is 0 Å². The maximum Gasteiger partial charge on any atom is 0.265 e. The van der Waals surface area contributed by atoms with Crippen LogP contribution in [0.3, 0.4) is 0 Å². The lowest BCUT2D eigenvalue weighted by Gasteiger charge is -2.14. The van der Waals surface area contributed by atoms with E-state index >= 15 is 0 Å². The molecule has 0 heterocycles. The number of halogens is 1. The lowest BCUT2D eigenvalue weighted by Crippen LogP contribution is -2.30. The molecule has 21 heavy (non-hydrogen) atoms. The molecule has 0 aliphatic carbocycles. The molecule has 0 spiro atoms. The Morgan fingerprint density at radius 2 is 1.81 bits per heavy atom. The molecule has 0 fully saturated rings. The molecule has 0 aliphatic rings. The number of nitrogens with zero attached hydrogens (tertiary/aromatic N) is 1. The highest BCUT2D eigenvalue weighted by Gasteiger charge is 2.14. The summed E-state index contributed by atoms with van der Waals surface area (Å²) in [4.78, 5) is 11.9. The number of nitrogens with one attached hydrogen (secondary N) is 1. The molecule has 2 rings (SSSR count). The van der Waals surface area contributed by atoms with Gasteiger partial charge >= 0.3 is 0 Å². The summed E-state index contributed by atoms with van der Waals surface area (Å²) < 4.78 is 18.2. The Labute approximate surface area is 121 Å². The highest BCUT2D eigenvalue weighted by atomic mass is 19.1. The standard InChI is InChI=1S/C16H13FN2O2/c1-11(21-15-8-2-12(10-18)3-9-15)16(20)19-14-6-4-13(17)5-7-14/h2-9,11H,1H3,(H,19,20). The minimum absolute atomic E-state index is 0.342. The summed E-state index contributed by atoms with van der Waals surface area (Å²) in [6.07, 6.45) is -0.719. The van der Waals surface area contributed by atoms with Gasteiger partial charge in [-0.2, -0.15) is 5.26 Å². The van der Waals surface area contributed by atoms with E-state index in [-0.39, 0.29) is 11.7 Å². The maximum atomic E-state index is 12.8. The van der Waals surface area contributed by atoms with Crippen LogP contribution in [0.15, 0.2) is 48.5 Å². The van der Waals surface area contributed by atoms with Crippen LogP contribution in [0.25, 0.3) is 0 Å². The van der Waals surface area contributed by atoms with Gasteiger partial charge in [0.15, 0.2) is 6.10 Å². The molecule has 1 amide bonds. The molecule has 4 nitrogen and oxygen atoms in total. The fourth-order valence-corrected chi connectivity index (χ4v) is 1.64. The van der Waals surface area contributed by atoms with Gasteiger partial charge in [-0.25, -0.2) is 4.39 Å². The normalized spacial score (nSPS) is 11.3. The first-order valence-electron chi connectivity index (χ1n) is 6.32. The second kappa shape index (κ2) is 6.53. The third kappa shape index (κ3) is 4.05. The number of ether oxygens (including phenoxy) is 1. The van der Waals surface area contributed by atoms with Crippen LogP contribution >= 0.6 is 0 Å². The van der Waals surface area contributed by atoms with E-state index < -0.39 is 6.10 Å². The Kier molecular flexibility index (Phi) is 4.52. The first-order chi connectivity index (χ1) is 10.1. The van der Waals surface area contributed by atoms with Crippen molar-refractivity contribution in [2.45, 2.75) is 13.0 Å². The van der Waals surface area contributed by atoms with Gasteiger partial charge < -0.3 is 10.1 Å². The van der Waals surface area contributed by atoms with Crippen molar-refractivity contribution >= 4 is 11.6 Å². The average molecular weight is 284 g/mol. The number of rotatable bonds is 4. The van der Waals surface area contributed by atoms with Crippen molar-refractivity contribution in [3.8, 4) is 11.8 Å². The lowest BCUT2D eigenvalue weighted by molar-refractivity contribution is -0.122.